The number of sulfonamides is 1. The van der Waals surface area contributed by atoms with E-state index in [2.05, 4.69) is 5.32 Å². The van der Waals surface area contributed by atoms with Crippen molar-refractivity contribution in [2.75, 3.05) is 17.1 Å². The molecule has 2 aliphatic rings. The molecule has 0 spiro atoms. The van der Waals surface area contributed by atoms with Crippen LogP contribution in [0.15, 0.2) is 36.4 Å². The molecule has 1 N–H and O–H groups in total. The summed E-state index contributed by atoms with van der Waals surface area (Å²) >= 11 is 0. The molecular formula is C22H21F2N3O5S. The second-order valence-electron chi connectivity index (χ2n) is 8.45. The first-order valence-corrected chi connectivity index (χ1v) is 11.9. The van der Waals surface area contributed by atoms with Gasteiger partial charge >= 0.3 is 6.03 Å². The molecule has 1 fully saturated rings. The average molecular weight is 477 g/mol. The number of benzene rings is 2. The topological polar surface area (TPSA) is 104 Å². The summed E-state index contributed by atoms with van der Waals surface area (Å²) in [4.78, 5) is 39.0. The van der Waals surface area contributed by atoms with Gasteiger partial charge in [-0.05, 0) is 62.2 Å². The summed E-state index contributed by atoms with van der Waals surface area (Å²) in [5.74, 6) is -3.09. The van der Waals surface area contributed by atoms with E-state index >= 15 is 0 Å². The van der Waals surface area contributed by atoms with Crippen LogP contribution in [0.3, 0.4) is 0 Å². The normalized spacial score (nSPS) is 22.5. The third-order valence-corrected chi connectivity index (χ3v) is 7.23. The number of hydrogen-bond acceptors (Lipinski definition) is 5. The minimum Gasteiger partial charge on any atom is -0.319 e. The van der Waals surface area contributed by atoms with Gasteiger partial charge in [-0.25, -0.2) is 22.0 Å². The van der Waals surface area contributed by atoms with Crippen LogP contribution in [0, 0.1) is 11.6 Å². The van der Waals surface area contributed by atoms with Gasteiger partial charge in [0.25, 0.3) is 5.91 Å². The van der Waals surface area contributed by atoms with E-state index in [4.69, 9.17) is 0 Å². The van der Waals surface area contributed by atoms with Crippen LogP contribution in [0.25, 0.3) is 0 Å². The molecule has 2 aliphatic heterocycles. The first-order chi connectivity index (χ1) is 15.3. The van der Waals surface area contributed by atoms with E-state index in [-0.39, 0.29) is 17.2 Å². The molecule has 174 valence electrons. The Kier molecular flexibility index (Phi) is 5.27. The lowest BCUT2D eigenvalue weighted by molar-refractivity contribution is -0.130. The number of imide groups is 1. The summed E-state index contributed by atoms with van der Waals surface area (Å²) in [5.41, 5.74) is -0.883. The second kappa shape index (κ2) is 7.62. The summed E-state index contributed by atoms with van der Waals surface area (Å²) in [6.45, 7) is 2.38. The molecule has 0 radical (unpaired) electrons. The monoisotopic (exact) mass is 477 g/mol. The highest BCUT2D eigenvalue weighted by Crippen LogP contribution is 2.35. The van der Waals surface area contributed by atoms with Gasteiger partial charge in [0.1, 0.15) is 17.2 Å². The fourth-order valence-corrected chi connectivity index (χ4v) is 5.68. The van der Waals surface area contributed by atoms with Crippen molar-refractivity contribution in [2.24, 2.45) is 0 Å². The smallest absolute Gasteiger partial charge is 0.319 e. The first kappa shape index (κ1) is 22.8. The predicted octanol–water partition coefficient (Wildman–Crippen LogP) is 2.33. The van der Waals surface area contributed by atoms with Crippen LogP contribution in [-0.4, -0.2) is 49.9 Å². The van der Waals surface area contributed by atoms with Gasteiger partial charge < -0.3 is 5.32 Å². The Morgan fingerprint density at radius 3 is 2.55 bits per heavy atom. The van der Waals surface area contributed by atoms with E-state index < -0.39 is 51.5 Å². The number of carbonyl (C=O) groups is 3. The molecule has 33 heavy (non-hydrogen) atoms. The largest absolute Gasteiger partial charge is 0.325 e. The lowest BCUT2D eigenvalue weighted by atomic mass is 9.91. The quantitative estimate of drug-likeness (QED) is 0.526. The molecule has 2 heterocycles. The summed E-state index contributed by atoms with van der Waals surface area (Å²) < 4.78 is 53.4. The number of fused-ring (bicyclic) bond motifs is 1. The van der Waals surface area contributed by atoms with E-state index in [0.717, 1.165) is 24.5 Å². The van der Waals surface area contributed by atoms with Crippen LogP contribution in [0.2, 0.25) is 0 Å². The summed E-state index contributed by atoms with van der Waals surface area (Å²) in [5, 5.41) is 2.35. The molecule has 0 saturated carbocycles. The zero-order chi connectivity index (χ0) is 24.3. The number of rotatable bonds is 5. The zero-order valence-corrected chi connectivity index (χ0v) is 18.9. The molecule has 0 unspecified atom stereocenters. The molecule has 2 aromatic rings. The predicted molar refractivity (Wildman–Crippen MR) is 115 cm³/mol. The van der Waals surface area contributed by atoms with Crippen molar-refractivity contribution in [1.82, 2.24) is 10.2 Å². The molecule has 4 rings (SSSR count). The number of nitrogens with one attached hydrogen (secondary N) is 1. The number of amides is 3. The minimum atomic E-state index is -3.49. The van der Waals surface area contributed by atoms with E-state index in [0.29, 0.717) is 22.6 Å². The SMILES string of the molecule is C[C@H]1Cc2cc(C(=O)CN3C(=O)N[C@](C)(c4cc(F)ccc4F)C3=O)ccc2N1S(C)(=O)=O. The summed E-state index contributed by atoms with van der Waals surface area (Å²) in [7, 11) is -3.49. The molecule has 0 aromatic heterocycles. The van der Waals surface area contributed by atoms with Crippen LogP contribution >= 0.6 is 0 Å². The standard InChI is InChI=1S/C22H21F2N3O5S/c1-12-8-14-9-13(4-7-18(14)27(12)33(3,31)32)19(28)11-26-20(29)22(2,25-21(26)30)16-10-15(23)5-6-17(16)24/h4-7,9-10,12H,8,11H2,1-3H3,(H,25,30)/t12-,22+/m0/s1. The zero-order valence-electron chi connectivity index (χ0n) is 18.1. The number of halogens is 2. The van der Waals surface area contributed by atoms with E-state index in [1.807, 2.05) is 0 Å². The molecule has 8 nitrogen and oxygen atoms in total. The highest BCUT2D eigenvalue weighted by atomic mass is 32.2. The van der Waals surface area contributed by atoms with E-state index in [1.165, 1.54) is 23.4 Å². The Hall–Kier alpha value is -3.34. The van der Waals surface area contributed by atoms with Gasteiger partial charge in [-0.15, -0.1) is 0 Å². The van der Waals surface area contributed by atoms with Gasteiger partial charge in [-0.2, -0.15) is 0 Å². The van der Waals surface area contributed by atoms with Crippen LogP contribution in [0.5, 0.6) is 0 Å². The highest BCUT2D eigenvalue weighted by Gasteiger charge is 2.51. The van der Waals surface area contributed by atoms with Crippen molar-refractivity contribution in [3.8, 4) is 0 Å². The fourth-order valence-electron chi connectivity index (χ4n) is 4.42. The third kappa shape index (κ3) is 3.75. The van der Waals surface area contributed by atoms with Gasteiger partial charge in [0, 0.05) is 17.2 Å². The molecule has 0 aliphatic carbocycles. The number of carbonyl (C=O) groups excluding carboxylic acids is 3. The lowest BCUT2D eigenvalue weighted by Gasteiger charge is -2.23. The number of ketones is 1. The number of hydrogen-bond donors (Lipinski definition) is 1. The Morgan fingerprint density at radius 2 is 1.88 bits per heavy atom. The van der Waals surface area contributed by atoms with Crippen molar-refractivity contribution in [3.63, 3.8) is 0 Å². The van der Waals surface area contributed by atoms with E-state index in [9.17, 15) is 31.6 Å². The van der Waals surface area contributed by atoms with Crippen LogP contribution in [0.1, 0.15) is 35.3 Å². The maximum absolute atomic E-state index is 14.3. The summed E-state index contributed by atoms with van der Waals surface area (Å²) in [6.07, 6.45) is 1.51. The molecule has 0 bridgehead atoms. The minimum absolute atomic E-state index is 0.197. The maximum atomic E-state index is 14.3. The van der Waals surface area contributed by atoms with Gasteiger partial charge in [0.05, 0.1) is 18.5 Å². The second-order valence-corrected chi connectivity index (χ2v) is 10.3. The van der Waals surface area contributed by atoms with Crippen molar-refractivity contribution in [1.29, 1.82) is 0 Å². The van der Waals surface area contributed by atoms with Crippen molar-refractivity contribution < 1.29 is 31.6 Å². The Labute approximate surface area is 189 Å². The van der Waals surface area contributed by atoms with Gasteiger partial charge in [-0.3, -0.25) is 18.8 Å². The Balaban J connectivity index is 1.59. The number of anilines is 1. The van der Waals surface area contributed by atoms with Crippen LogP contribution in [0.4, 0.5) is 19.3 Å². The van der Waals surface area contributed by atoms with Crippen molar-refractivity contribution in [2.45, 2.75) is 31.8 Å². The molecule has 2 atom stereocenters. The maximum Gasteiger partial charge on any atom is 0.325 e. The highest BCUT2D eigenvalue weighted by molar-refractivity contribution is 7.92. The Bertz CT molecular complexity index is 1310. The molecule has 11 heteroatoms. The average Bonchev–Trinajstić information content (AvgIpc) is 3.17. The van der Waals surface area contributed by atoms with Gasteiger partial charge in [0.2, 0.25) is 10.0 Å². The van der Waals surface area contributed by atoms with E-state index in [1.54, 1.807) is 13.0 Å². The molecule has 3 amide bonds. The lowest BCUT2D eigenvalue weighted by Crippen LogP contribution is -2.42. The summed E-state index contributed by atoms with van der Waals surface area (Å²) in [6, 6.07) is 5.86. The van der Waals surface area contributed by atoms with Gasteiger partial charge in [-0.1, -0.05) is 0 Å². The van der Waals surface area contributed by atoms with Crippen LogP contribution < -0.4 is 9.62 Å². The molecular weight excluding hydrogens is 456 g/mol. The first-order valence-electron chi connectivity index (χ1n) is 10.1. The third-order valence-electron chi connectivity index (χ3n) is 5.96. The fraction of sp³-hybridized carbons (Fsp3) is 0.318. The molecule has 1 saturated heterocycles. The molecule has 2 aromatic carbocycles. The van der Waals surface area contributed by atoms with Crippen LogP contribution in [-0.2, 0) is 26.8 Å². The van der Waals surface area contributed by atoms with Crippen molar-refractivity contribution in [3.05, 3.63) is 64.7 Å². The number of urea groups is 1. The number of nitrogens with zero attached hydrogens (tertiary/aromatic N) is 2. The van der Waals surface area contributed by atoms with Gasteiger partial charge in [0.15, 0.2) is 5.78 Å². The Morgan fingerprint density at radius 1 is 1.18 bits per heavy atom. The number of Topliss-reactive ketones (excluding diaryl/α,β-unsaturated/α-hetero) is 1. The van der Waals surface area contributed by atoms with Crippen molar-refractivity contribution >= 4 is 33.4 Å².